The van der Waals surface area contributed by atoms with Crippen molar-refractivity contribution in [2.45, 2.75) is 37.9 Å². The molecule has 4 heteroatoms. The molecular weight excluding hydrogens is 158 g/mol. The molecule has 1 saturated heterocycles. The molecule has 12 heavy (non-hydrogen) atoms. The lowest BCUT2D eigenvalue weighted by Crippen LogP contribution is -2.52. The fourth-order valence-electron chi connectivity index (χ4n) is 1.60. The minimum Gasteiger partial charge on any atom is -0.377 e. The van der Waals surface area contributed by atoms with Gasteiger partial charge in [-0.05, 0) is 6.92 Å². The maximum Gasteiger partial charge on any atom is 0.159 e. The molecule has 0 saturated carbocycles. The molecule has 0 amide bonds. The smallest absolute Gasteiger partial charge is 0.159 e. The van der Waals surface area contributed by atoms with Crippen LogP contribution in [0.4, 0.5) is 0 Å². The fourth-order valence-corrected chi connectivity index (χ4v) is 1.60. The van der Waals surface area contributed by atoms with Crippen LogP contribution < -0.4 is 5.73 Å². The molecule has 1 rings (SSSR count). The number of ether oxygens (including phenoxy) is 3. The number of hydrogen-bond acceptors (Lipinski definition) is 4. The molecular formula is C8H17NO3. The molecule has 0 aromatic carbocycles. The summed E-state index contributed by atoms with van der Waals surface area (Å²) in [6, 6.07) is 0.00343. The van der Waals surface area contributed by atoms with Crippen molar-refractivity contribution in [3.63, 3.8) is 0 Å². The highest BCUT2D eigenvalue weighted by atomic mass is 16.7. The average Bonchev–Trinajstić information content (AvgIpc) is 2.03. The molecule has 1 heterocycles. The normalized spacial score (nSPS) is 43.0. The first-order valence-corrected chi connectivity index (χ1v) is 4.15. The second-order valence-electron chi connectivity index (χ2n) is 3.11. The van der Waals surface area contributed by atoms with Crippen LogP contribution in [0.25, 0.3) is 0 Å². The minimum atomic E-state index is -0.179. The summed E-state index contributed by atoms with van der Waals surface area (Å²) < 4.78 is 15.8. The zero-order chi connectivity index (χ0) is 9.14. The first-order valence-electron chi connectivity index (χ1n) is 4.15. The molecule has 0 aliphatic carbocycles. The van der Waals surface area contributed by atoms with E-state index in [1.54, 1.807) is 14.2 Å². The number of rotatable bonds is 2. The lowest BCUT2D eigenvalue weighted by Gasteiger charge is -2.37. The Bertz CT molecular complexity index is 130. The van der Waals surface area contributed by atoms with E-state index in [1.807, 2.05) is 6.92 Å². The standard InChI is InChI=1S/C8H17NO3/c1-5-8(11-3)6(9)4-7(10-2)12-5/h5-8H,4,9H2,1-3H3/t5-,6+,7+,8+/m1/s1. The van der Waals surface area contributed by atoms with Gasteiger partial charge in [0.25, 0.3) is 0 Å². The highest BCUT2D eigenvalue weighted by molar-refractivity contribution is 4.84. The van der Waals surface area contributed by atoms with Gasteiger partial charge < -0.3 is 19.9 Å². The first kappa shape index (κ1) is 9.92. The number of methoxy groups -OCH3 is 2. The van der Waals surface area contributed by atoms with Crippen LogP contribution in [0.2, 0.25) is 0 Å². The van der Waals surface area contributed by atoms with Gasteiger partial charge in [-0.2, -0.15) is 0 Å². The maximum absolute atomic E-state index is 5.86. The minimum absolute atomic E-state index is 0.00343. The molecule has 4 nitrogen and oxygen atoms in total. The van der Waals surface area contributed by atoms with Crippen molar-refractivity contribution in [1.82, 2.24) is 0 Å². The van der Waals surface area contributed by atoms with E-state index in [0.29, 0.717) is 6.42 Å². The molecule has 1 aliphatic rings. The van der Waals surface area contributed by atoms with Crippen molar-refractivity contribution < 1.29 is 14.2 Å². The third-order valence-corrected chi connectivity index (χ3v) is 2.25. The van der Waals surface area contributed by atoms with Gasteiger partial charge in [-0.15, -0.1) is 0 Å². The van der Waals surface area contributed by atoms with Gasteiger partial charge in [-0.1, -0.05) is 0 Å². The Labute approximate surface area is 73.0 Å². The van der Waals surface area contributed by atoms with E-state index in [0.717, 1.165) is 0 Å². The van der Waals surface area contributed by atoms with Crippen LogP contribution in [0.1, 0.15) is 13.3 Å². The van der Waals surface area contributed by atoms with Crippen molar-refractivity contribution in [2.75, 3.05) is 14.2 Å². The van der Waals surface area contributed by atoms with E-state index in [1.165, 1.54) is 0 Å². The first-order chi connectivity index (χ1) is 5.69. The Morgan fingerprint density at radius 1 is 1.33 bits per heavy atom. The molecule has 0 spiro atoms. The average molecular weight is 175 g/mol. The molecule has 0 bridgehead atoms. The topological polar surface area (TPSA) is 53.7 Å². The van der Waals surface area contributed by atoms with Crippen LogP contribution in [-0.4, -0.2) is 38.8 Å². The summed E-state index contributed by atoms with van der Waals surface area (Å²) in [6.07, 6.45) is 0.501. The summed E-state index contributed by atoms with van der Waals surface area (Å²) in [5, 5.41) is 0. The summed E-state index contributed by atoms with van der Waals surface area (Å²) >= 11 is 0. The van der Waals surface area contributed by atoms with Crippen molar-refractivity contribution >= 4 is 0 Å². The summed E-state index contributed by atoms with van der Waals surface area (Å²) in [6.45, 7) is 1.94. The lowest BCUT2D eigenvalue weighted by atomic mass is 10.0. The van der Waals surface area contributed by atoms with Crippen LogP contribution in [0.3, 0.4) is 0 Å². The molecule has 0 radical (unpaired) electrons. The zero-order valence-corrected chi connectivity index (χ0v) is 7.82. The number of nitrogens with two attached hydrogens (primary N) is 1. The quantitative estimate of drug-likeness (QED) is 0.647. The summed E-state index contributed by atoms with van der Waals surface area (Å²) in [7, 11) is 3.27. The fraction of sp³-hybridized carbons (Fsp3) is 1.00. The Kier molecular flexibility index (Phi) is 3.46. The largest absolute Gasteiger partial charge is 0.377 e. The third kappa shape index (κ3) is 1.95. The summed E-state index contributed by atoms with van der Waals surface area (Å²) in [5.74, 6) is 0. The monoisotopic (exact) mass is 175 g/mol. The van der Waals surface area contributed by atoms with Gasteiger partial charge in [0.2, 0.25) is 0 Å². The second kappa shape index (κ2) is 4.18. The molecule has 2 N–H and O–H groups in total. The van der Waals surface area contributed by atoms with Crippen molar-refractivity contribution in [3.8, 4) is 0 Å². The molecule has 1 aliphatic heterocycles. The summed E-state index contributed by atoms with van der Waals surface area (Å²) in [5.41, 5.74) is 5.86. The Balaban J connectivity index is 2.51. The van der Waals surface area contributed by atoms with Crippen LogP contribution in [0, 0.1) is 0 Å². The Morgan fingerprint density at radius 2 is 2.00 bits per heavy atom. The van der Waals surface area contributed by atoms with E-state index in [9.17, 15) is 0 Å². The van der Waals surface area contributed by atoms with Gasteiger partial charge in [0, 0.05) is 26.7 Å². The predicted molar refractivity (Wildman–Crippen MR) is 44.7 cm³/mol. The number of hydrogen-bond donors (Lipinski definition) is 1. The van der Waals surface area contributed by atoms with Crippen molar-refractivity contribution in [3.05, 3.63) is 0 Å². The molecule has 1 fully saturated rings. The van der Waals surface area contributed by atoms with E-state index in [4.69, 9.17) is 19.9 Å². The molecule has 0 unspecified atom stereocenters. The Morgan fingerprint density at radius 3 is 2.42 bits per heavy atom. The van der Waals surface area contributed by atoms with Crippen LogP contribution in [0.15, 0.2) is 0 Å². The second-order valence-corrected chi connectivity index (χ2v) is 3.11. The van der Waals surface area contributed by atoms with Crippen molar-refractivity contribution in [1.29, 1.82) is 0 Å². The highest BCUT2D eigenvalue weighted by Gasteiger charge is 2.34. The van der Waals surface area contributed by atoms with Gasteiger partial charge in [0.05, 0.1) is 12.2 Å². The maximum atomic E-state index is 5.86. The Hall–Kier alpha value is -0.160. The van der Waals surface area contributed by atoms with Crippen LogP contribution in [-0.2, 0) is 14.2 Å². The van der Waals surface area contributed by atoms with Crippen LogP contribution in [0.5, 0.6) is 0 Å². The third-order valence-electron chi connectivity index (χ3n) is 2.25. The van der Waals surface area contributed by atoms with E-state index >= 15 is 0 Å². The van der Waals surface area contributed by atoms with Gasteiger partial charge in [-0.25, -0.2) is 0 Å². The van der Waals surface area contributed by atoms with Crippen molar-refractivity contribution in [2.24, 2.45) is 5.73 Å². The van der Waals surface area contributed by atoms with Gasteiger partial charge in [0.1, 0.15) is 0 Å². The lowest BCUT2D eigenvalue weighted by molar-refractivity contribution is -0.216. The van der Waals surface area contributed by atoms with Gasteiger partial charge in [-0.3, -0.25) is 0 Å². The van der Waals surface area contributed by atoms with E-state index in [-0.39, 0.29) is 24.5 Å². The van der Waals surface area contributed by atoms with E-state index in [2.05, 4.69) is 0 Å². The zero-order valence-electron chi connectivity index (χ0n) is 7.82. The van der Waals surface area contributed by atoms with Crippen LogP contribution >= 0.6 is 0 Å². The molecule has 0 aromatic heterocycles. The molecule has 0 aromatic rings. The molecule has 72 valence electrons. The van der Waals surface area contributed by atoms with E-state index < -0.39 is 0 Å². The molecule has 4 atom stereocenters. The SMILES string of the molecule is CO[C@@H]1C[C@H](N)[C@@H](OC)[C@@H](C)O1. The highest BCUT2D eigenvalue weighted by Crippen LogP contribution is 2.20. The van der Waals surface area contributed by atoms with Gasteiger partial charge in [0.15, 0.2) is 6.29 Å². The summed E-state index contributed by atoms with van der Waals surface area (Å²) in [4.78, 5) is 0. The predicted octanol–water partition coefficient (Wildman–Crippen LogP) is 0.110. The van der Waals surface area contributed by atoms with Gasteiger partial charge >= 0.3 is 0 Å².